The molecule has 3 aromatic carbocycles. The number of amides is 2. The minimum Gasteiger partial charge on any atom is -0.506 e. The summed E-state index contributed by atoms with van der Waals surface area (Å²) < 4.78 is 5.46. The average Bonchev–Trinajstić information content (AvgIpc) is 3.13. The first kappa shape index (κ1) is 21.9. The van der Waals surface area contributed by atoms with Crippen molar-refractivity contribution in [2.75, 3.05) is 18.5 Å². The van der Waals surface area contributed by atoms with Gasteiger partial charge in [0, 0.05) is 24.2 Å². The lowest BCUT2D eigenvalue weighted by molar-refractivity contribution is -0.116. The van der Waals surface area contributed by atoms with E-state index >= 15 is 0 Å². The summed E-state index contributed by atoms with van der Waals surface area (Å²) >= 11 is 3.34. The van der Waals surface area contributed by atoms with Gasteiger partial charge in [-0.3, -0.25) is 4.79 Å². The zero-order valence-corrected chi connectivity index (χ0v) is 18.9. The van der Waals surface area contributed by atoms with E-state index in [2.05, 4.69) is 50.8 Å². The van der Waals surface area contributed by atoms with Crippen LogP contribution in [0.2, 0.25) is 0 Å². The molecular weight excluding hydrogens is 472 g/mol. The predicted molar refractivity (Wildman–Crippen MR) is 127 cm³/mol. The van der Waals surface area contributed by atoms with E-state index in [1.807, 2.05) is 24.3 Å². The number of fused-ring (bicyclic) bond motifs is 3. The molecule has 0 aromatic heterocycles. The molecule has 4 rings (SSSR count). The van der Waals surface area contributed by atoms with Gasteiger partial charge >= 0.3 is 6.09 Å². The van der Waals surface area contributed by atoms with Gasteiger partial charge in [0.25, 0.3) is 0 Å². The Kier molecular flexibility index (Phi) is 6.75. The maximum Gasteiger partial charge on any atom is 0.407 e. The van der Waals surface area contributed by atoms with Gasteiger partial charge in [-0.25, -0.2) is 4.79 Å². The number of carbonyl (C=O) groups is 2. The molecule has 6 nitrogen and oxygen atoms in total. The minimum absolute atomic E-state index is 0.00690. The quantitative estimate of drug-likeness (QED) is 0.312. The molecule has 0 unspecified atom stereocenters. The lowest BCUT2D eigenvalue weighted by Gasteiger charge is -2.14. The highest BCUT2D eigenvalue weighted by molar-refractivity contribution is 9.08. The van der Waals surface area contributed by atoms with Crippen molar-refractivity contribution < 1.29 is 19.4 Å². The first-order valence-corrected chi connectivity index (χ1v) is 11.5. The number of phenols is 1. The Morgan fingerprint density at radius 2 is 1.62 bits per heavy atom. The summed E-state index contributed by atoms with van der Waals surface area (Å²) in [5.74, 6) is -0.334. The second-order valence-corrected chi connectivity index (χ2v) is 8.10. The highest BCUT2D eigenvalue weighted by Gasteiger charge is 2.28. The van der Waals surface area contributed by atoms with E-state index in [1.165, 1.54) is 17.2 Å². The van der Waals surface area contributed by atoms with Gasteiger partial charge in [-0.15, -0.1) is 0 Å². The van der Waals surface area contributed by atoms with Gasteiger partial charge in [-0.05, 0) is 39.9 Å². The maximum absolute atomic E-state index is 12.2. The number of benzene rings is 3. The van der Waals surface area contributed by atoms with E-state index in [0.29, 0.717) is 11.0 Å². The fourth-order valence-corrected chi connectivity index (χ4v) is 4.26. The third-order valence-electron chi connectivity index (χ3n) is 5.45. The van der Waals surface area contributed by atoms with Crippen LogP contribution in [-0.4, -0.2) is 30.3 Å². The minimum atomic E-state index is -0.566. The molecule has 32 heavy (non-hydrogen) atoms. The molecule has 0 fully saturated rings. The summed E-state index contributed by atoms with van der Waals surface area (Å²) in [4.78, 5) is 24.4. The fourth-order valence-electron chi connectivity index (χ4n) is 3.91. The number of alkyl carbamates (subject to hydrolysis) is 1. The third-order valence-corrected chi connectivity index (χ3v) is 6.10. The molecule has 0 atom stereocenters. The van der Waals surface area contributed by atoms with Crippen molar-refractivity contribution in [2.45, 2.75) is 17.7 Å². The summed E-state index contributed by atoms with van der Waals surface area (Å²) in [7, 11) is 0. The molecule has 7 heteroatoms. The van der Waals surface area contributed by atoms with Crippen molar-refractivity contribution in [2.24, 2.45) is 0 Å². The second-order valence-electron chi connectivity index (χ2n) is 7.54. The van der Waals surface area contributed by atoms with Crippen LogP contribution in [0.4, 0.5) is 10.5 Å². The van der Waals surface area contributed by atoms with Crippen LogP contribution in [0, 0.1) is 0 Å². The molecule has 3 aromatic rings. The van der Waals surface area contributed by atoms with Crippen molar-refractivity contribution in [3.8, 4) is 16.9 Å². The number of alkyl halides is 1. The van der Waals surface area contributed by atoms with Crippen LogP contribution in [0.25, 0.3) is 11.1 Å². The highest BCUT2D eigenvalue weighted by atomic mass is 79.9. The van der Waals surface area contributed by atoms with Gasteiger partial charge in [0.05, 0.1) is 5.69 Å². The van der Waals surface area contributed by atoms with Crippen LogP contribution in [0.15, 0.2) is 66.7 Å². The normalized spacial score (nSPS) is 12.0. The number of nitrogens with one attached hydrogen (secondary N) is 2. The lowest BCUT2D eigenvalue weighted by Crippen LogP contribution is -2.29. The Morgan fingerprint density at radius 1 is 0.969 bits per heavy atom. The van der Waals surface area contributed by atoms with Crippen LogP contribution >= 0.6 is 15.9 Å². The Morgan fingerprint density at radius 3 is 2.28 bits per heavy atom. The van der Waals surface area contributed by atoms with Gasteiger partial charge in [0.1, 0.15) is 12.4 Å². The summed E-state index contributed by atoms with van der Waals surface area (Å²) in [6, 6.07) is 21.3. The second kappa shape index (κ2) is 9.87. The zero-order valence-electron chi connectivity index (χ0n) is 17.3. The molecule has 0 saturated heterocycles. The van der Waals surface area contributed by atoms with Gasteiger partial charge < -0.3 is 20.5 Å². The number of hydrogen-bond donors (Lipinski definition) is 3. The number of ether oxygens (including phenoxy) is 1. The Balaban J connectivity index is 1.27. The maximum atomic E-state index is 12.2. The van der Waals surface area contributed by atoms with Crippen LogP contribution in [0.5, 0.6) is 5.75 Å². The number of aromatic hydroxyl groups is 1. The molecule has 1 aliphatic rings. The molecule has 0 radical (unpaired) electrons. The summed E-state index contributed by atoms with van der Waals surface area (Å²) in [6.07, 6.45) is -0.508. The molecule has 2 amide bonds. The van der Waals surface area contributed by atoms with E-state index in [9.17, 15) is 14.7 Å². The zero-order chi connectivity index (χ0) is 22.5. The number of halogens is 1. The predicted octanol–water partition coefficient (Wildman–Crippen LogP) is 5.15. The molecule has 0 heterocycles. The number of hydrogen-bond acceptors (Lipinski definition) is 4. The van der Waals surface area contributed by atoms with Gasteiger partial charge in [-0.1, -0.05) is 70.5 Å². The first-order valence-electron chi connectivity index (χ1n) is 10.3. The Hall–Kier alpha value is -3.32. The molecule has 0 aliphatic heterocycles. The summed E-state index contributed by atoms with van der Waals surface area (Å²) in [5, 5.41) is 15.8. The molecule has 0 saturated carbocycles. The molecule has 1 aliphatic carbocycles. The van der Waals surface area contributed by atoms with Crippen LogP contribution in [-0.2, 0) is 14.9 Å². The van der Waals surface area contributed by atoms with Crippen LogP contribution in [0.1, 0.15) is 29.0 Å². The van der Waals surface area contributed by atoms with Crippen molar-refractivity contribution in [1.29, 1.82) is 0 Å². The highest BCUT2D eigenvalue weighted by Crippen LogP contribution is 2.44. The van der Waals surface area contributed by atoms with Crippen LogP contribution in [0.3, 0.4) is 0 Å². The smallest absolute Gasteiger partial charge is 0.407 e. The molecule has 164 valence electrons. The molecule has 0 spiro atoms. The van der Waals surface area contributed by atoms with Gasteiger partial charge in [0.15, 0.2) is 0 Å². The standard InChI is InChI=1S/C25H23BrN2O4/c26-14-16-9-10-23(29)22(13-16)28-24(30)11-12-27-25(31)32-15-21-19-7-3-1-5-17(19)18-6-2-4-8-20(18)21/h1-10,13,21,29H,11-12,14-15H2,(H,27,31)(H,28,30). The largest absolute Gasteiger partial charge is 0.506 e. The third kappa shape index (κ3) is 4.78. The molecule has 0 bridgehead atoms. The Labute approximate surface area is 194 Å². The fraction of sp³-hybridized carbons (Fsp3) is 0.200. The van der Waals surface area contributed by atoms with Crippen molar-refractivity contribution in [3.63, 3.8) is 0 Å². The van der Waals surface area contributed by atoms with E-state index in [1.54, 1.807) is 12.1 Å². The lowest BCUT2D eigenvalue weighted by atomic mass is 9.98. The monoisotopic (exact) mass is 494 g/mol. The van der Waals surface area contributed by atoms with Gasteiger partial charge in [0.2, 0.25) is 5.91 Å². The van der Waals surface area contributed by atoms with E-state index in [-0.39, 0.29) is 37.1 Å². The van der Waals surface area contributed by atoms with E-state index in [0.717, 1.165) is 16.7 Å². The summed E-state index contributed by atoms with van der Waals surface area (Å²) in [6.45, 7) is 0.348. The SMILES string of the molecule is O=C(CCNC(=O)OCC1c2ccccc2-c2ccccc21)Nc1cc(CBr)ccc1O. The van der Waals surface area contributed by atoms with Crippen molar-refractivity contribution >= 4 is 33.6 Å². The molecular formula is C25H23BrN2O4. The van der Waals surface area contributed by atoms with Crippen molar-refractivity contribution in [3.05, 3.63) is 83.4 Å². The number of anilines is 1. The van der Waals surface area contributed by atoms with Crippen LogP contribution < -0.4 is 10.6 Å². The topological polar surface area (TPSA) is 87.7 Å². The molecule has 3 N–H and O–H groups in total. The first-order chi connectivity index (χ1) is 15.6. The van der Waals surface area contributed by atoms with E-state index < -0.39 is 6.09 Å². The average molecular weight is 495 g/mol. The Bertz CT molecular complexity index is 1100. The van der Waals surface area contributed by atoms with Gasteiger partial charge in [-0.2, -0.15) is 0 Å². The van der Waals surface area contributed by atoms with Crippen molar-refractivity contribution in [1.82, 2.24) is 5.32 Å². The number of phenolic OH excluding ortho intramolecular Hbond substituents is 1. The number of carbonyl (C=O) groups excluding carboxylic acids is 2. The summed E-state index contributed by atoms with van der Waals surface area (Å²) in [5.41, 5.74) is 5.89. The van der Waals surface area contributed by atoms with E-state index in [4.69, 9.17) is 4.74 Å². The number of rotatable bonds is 7.